The average molecular weight is 158 g/mol. The normalized spacial score (nSPS) is 27.9. The van der Waals surface area contributed by atoms with Gasteiger partial charge in [0.25, 0.3) is 0 Å². The third-order valence-corrected chi connectivity index (χ3v) is 1.98. The average Bonchev–Trinajstić information content (AvgIpc) is 2.13. The highest BCUT2D eigenvalue weighted by molar-refractivity contribution is 5.73. The molecule has 4 heteroatoms. The highest BCUT2D eigenvalue weighted by Gasteiger charge is 2.19. The minimum atomic E-state index is -0.736. The second kappa shape index (κ2) is 3.69. The van der Waals surface area contributed by atoms with Gasteiger partial charge in [0.1, 0.15) is 6.04 Å². The predicted molar refractivity (Wildman–Crippen MR) is 41.5 cm³/mol. The fourth-order valence-corrected chi connectivity index (χ4v) is 1.20. The van der Waals surface area contributed by atoms with E-state index in [2.05, 4.69) is 10.2 Å². The maximum atomic E-state index is 10.5. The Balaban J connectivity index is 2.40. The van der Waals surface area contributed by atoms with Gasteiger partial charge in [-0.2, -0.15) is 0 Å². The molecule has 0 spiro atoms. The third-order valence-electron chi connectivity index (χ3n) is 1.98. The van der Waals surface area contributed by atoms with Crippen LogP contribution in [0.15, 0.2) is 0 Å². The van der Waals surface area contributed by atoms with Crippen LogP contribution >= 0.6 is 0 Å². The Morgan fingerprint density at radius 3 is 3.00 bits per heavy atom. The fourth-order valence-electron chi connectivity index (χ4n) is 1.20. The van der Waals surface area contributed by atoms with Gasteiger partial charge in [-0.25, -0.2) is 0 Å². The van der Waals surface area contributed by atoms with Crippen molar-refractivity contribution in [3.8, 4) is 0 Å². The zero-order valence-corrected chi connectivity index (χ0v) is 6.71. The van der Waals surface area contributed by atoms with E-state index >= 15 is 0 Å². The lowest BCUT2D eigenvalue weighted by atomic mass is 10.2. The van der Waals surface area contributed by atoms with Crippen LogP contribution in [-0.2, 0) is 4.79 Å². The van der Waals surface area contributed by atoms with Crippen molar-refractivity contribution in [2.24, 2.45) is 0 Å². The lowest BCUT2D eigenvalue weighted by molar-refractivity contribution is -0.139. The number of nitrogens with one attached hydrogen (secondary N) is 1. The number of hydrogen-bond acceptors (Lipinski definition) is 3. The largest absolute Gasteiger partial charge is 0.480 e. The Labute approximate surface area is 66.2 Å². The van der Waals surface area contributed by atoms with Gasteiger partial charge in [-0.1, -0.05) is 0 Å². The molecule has 1 aliphatic rings. The van der Waals surface area contributed by atoms with Crippen molar-refractivity contribution < 1.29 is 9.90 Å². The summed E-state index contributed by atoms with van der Waals surface area (Å²) in [7, 11) is 2.01. The van der Waals surface area contributed by atoms with Crippen LogP contribution in [-0.4, -0.2) is 48.7 Å². The van der Waals surface area contributed by atoms with Crippen LogP contribution in [0.25, 0.3) is 0 Å². The number of aliphatic carboxylic acids is 1. The van der Waals surface area contributed by atoms with Crippen molar-refractivity contribution in [3.05, 3.63) is 0 Å². The van der Waals surface area contributed by atoms with E-state index < -0.39 is 5.97 Å². The number of likely N-dealkylation sites (N-methyl/N-ethyl adjacent to an activating group) is 1. The van der Waals surface area contributed by atoms with Gasteiger partial charge in [0.15, 0.2) is 0 Å². The number of carboxylic acids is 1. The number of hydrogen-bond donors (Lipinski definition) is 2. The van der Waals surface area contributed by atoms with Gasteiger partial charge < -0.3 is 15.3 Å². The molecular weight excluding hydrogens is 144 g/mol. The second-order valence-electron chi connectivity index (χ2n) is 2.94. The molecule has 1 aliphatic heterocycles. The van der Waals surface area contributed by atoms with Crippen LogP contribution < -0.4 is 5.32 Å². The van der Waals surface area contributed by atoms with E-state index in [1.165, 1.54) is 0 Å². The first-order valence-electron chi connectivity index (χ1n) is 3.85. The quantitative estimate of drug-likeness (QED) is 0.533. The summed E-state index contributed by atoms with van der Waals surface area (Å²) in [5.41, 5.74) is 0. The van der Waals surface area contributed by atoms with E-state index in [0.29, 0.717) is 6.42 Å². The maximum Gasteiger partial charge on any atom is 0.320 e. The molecule has 1 atom stereocenters. The molecule has 64 valence electrons. The smallest absolute Gasteiger partial charge is 0.320 e. The van der Waals surface area contributed by atoms with Crippen molar-refractivity contribution in [1.82, 2.24) is 10.2 Å². The molecule has 1 fully saturated rings. The van der Waals surface area contributed by atoms with E-state index in [1.807, 2.05) is 7.05 Å². The molecule has 1 rings (SSSR count). The van der Waals surface area contributed by atoms with E-state index in [1.54, 1.807) is 0 Å². The summed E-state index contributed by atoms with van der Waals surface area (Å²) < 4.78 is 0. The van der Waals surface area contributed by atoms with Gasteiger partial charge in [-0.05, 0) is 20.0 Å². The molecule has 0 radical (unpaired) electrons. The van der Waals surface area contributed by atoms with Crippen LogP contribution in [0.2, 0.25) is 0 Å². The topological polar surface area (TPSA) is 52.6 Å². The molecule has 0 saturated carbocycles. The number of rotatable bonds is 1. The van der Waals surface area contributed by atoms with Gasteiger partial charge in [0.2, 0.25) is 0 Å². The van der Waals surface area contributed by atoms with Gasteiger partial charge >= 0.3 is 5.97 Å². The summed E-state index contributed by atoms with van der Waals surface area (Å²) in [5, 5.41) is 11.6. The number of carbonyl (C=O) groups is 1. The summed E-state index contributed by atoms with van der Waals surface area (Å²) in [5.74, 6) is -0.736. The van der Waals surface area contributed by atoms with E-state index in [-0.39, 0.29) is 6.04 Å². The molecular formula is C7H14N2O2. The van der Waals surface area contributed by atoms with Gasteiger partial charge in [-0.3, -0.25) is 4.79 Å². The summed E-state index contributed by atoms with van der Waals surface area (Å²) in [4.78, 5) is 12.7. The number of carboxylic acid groups (broad SMARTS) is 1. The highest BCUT2D eigenvalue weighted by atomic mass is 16.4. The van der Waals surface area contributed by atoms with Crippen LogP contribution in [0.5, 0.6) is 0 Å². The first-order valence-corrected chi connectivity index (χ1v) is 3.85. The summed E-state index contributed by atoms with van der Waals surface area (Å²) in [6, 6.07) is -0.347. The molecule has 11 heavy (non-hydrogen) atoms. The molecule has 4 nitrogen and oxygen atoms in total. The molecule has 0 aromatic rings. The number of nitrogens with zero attached hydrogens (tertiary/aromatic N) is 1. The van der Waals surface area contributed by atoms with Crippen molar-refractivity contribution in [2.75, 3.05) is 26.7 Å². The van der Waals surface area contributed by atoms with Crippen molar-refractivity contribution >= 4 is 5.97 Å². The lowest BCUT2D eigenvalue weighted by Gasteiger charge is -2.10. The first-order chi connectivity index (χ1) is 5.20. The van der Waals surface area contributed by atoms with Crippen LogP contribution in [0.4, 0.5) is 0 Å². The molecule has 2 N–H and O–H groups in total. The monoisotopic (exact) mass is 158 g/mol. The molecule has 1 saturated heterocycles. The zero-order chi connectivity index (χ0) is 8.27. The van der Waals surface area contributed by atoms with E-state index in [4.69, 9.17) is 5.11 Å². The van der Waals surface area contributed by atoms with Crippen LogP contribution in [0.3, 0.4) is 0 Å². The van der Waals surface area contributed by atoms with Crippen LogP contribution in [0, 0.1) is 0 Å². The van der Waals surface area contributed by atoms with Crippen molar-refractivity contribution in [2.45, 2.75) is 12.5 Å². The first kappa shape index (κ1) is 8.49. The predicted octanol–water partition coefficient (Wildman–Crippen LogP) is -0.635. The fraction of sp³-hybridized carbons (Fsp3) is 0.857. The van der Waals surface area contributed by atoms with Crippen molar-refractivity contribution in [1.29, 1.82) is 0 Å². The lowest BCUT2D eigenvalue weighted by Crippen LogP contribution is -2.36. The van der Waals surface area contributed by atoms with Gasteiger partial charge in [0.05, 0.1) is 0 Å². The maximum absolute atomic E-state index is 10.5. The van der Waals surface area contributed by atoms with Crippen molar-refractivity contribution in [3.63, 3.8) is 0 Å². The minimum absolute atomic E-state index is 0.347. The summed E-state index contributed by atoms with van der Waals surface area (Å²) in [6.07, 6.45) is 0.700. The molecule has 0 aromatic heterocycles. The van der Waals surface area contributed by atoms with E-state index in [9.17, 15) is 4.79 Å². The Bertz CT molecular complexity index is 149. The standard InChI is InChI=1S/C7H14N2O2/c1-9-4-2-6(7(10)11)8-3-5-9/h6,8H,2-5H2,1H3,(H,10,11). The summed E-state index contributed by atoms with van der Waals surface area (Å²) >= 11 is 0. The second-order valence-corrected chi connectivity index (χ2v) is 2.94. The molecule has 0 amide bonds. The molecule has 0 aliphatic carbocycles. The summed E-state index contributed by atoms with van der Waals surface area (Å²) in [6.45, 7) is 2.57. The molecule has 0 aromatic carbocycles. The minimum Gasteiger partial charge on any atom is -0.480 e. The Morgan fingerprint density at radius 1 is 1.64 bits per heavy atom. The Kier molecular flexibility index (Phi) is 2.84. The Morgan fingerprint density at radius 2 is 2.36 bits per heavy atom. The zero-order valence-electron chi connectivity index (χ0n) is 6.71. The molecule has 0 bridgehead atoms. The van der Waals surface area contributed by atoms with Gasteiger partial charge in [-0.15, -0.1) is 0 Å². The van der Waals surface area contributed by atoms with E-state index in [0.717, 1.165) is 19.6 Å². The molecule has 1 unspecified atom stereocenters. The SMILES string of the molecule is CN1CCNC(C(=O)O)CC1. The van der Waals surface area contributed by atoms with Gasteiger partial charge in [0, 0.05) is 13.1 Å². The third kappa shape index (κ3) is 2.48. The highest BCUT2D eigenvalue weighted by Crippen LogP contribution is 1.98. The Hall–Kier alpha value is -0.610. The molecule has 1 heterocycles. The van der Waals surface area contributed by atoms with Crippen LogP contribution in [0.1, 0.15) is 6.42 Å².